The van der Waals surface area contributed by atoms with Crippen LogP contribution in [-0.2, 0) is 23.7 Å². The highest BCUT2D eigenvalue weighted by Gasteiger charge is 2.51. The molecule has 2 saturated heterocycles. The summed E-state index contributed by atoms with van der Waals surface area (Å²) in [5, 5.41) is 109. The number of carbonyl (C=O) groups is 1. The average Bonchev–Trinajstić information content (AvgIpc) is 3.36. The SMILES string of the molecule is CCCCCCCCCCCCCCCCCCC[C@@H](O)C(=O)N[C@@H](CO[C@H]1O[C@H](CO)[C@H](O)[C@H](O)[C@H]1OC1O[C@H](CO)[C@H](O)[C@H](O)[C@H]1O)[C@H](O)[C@H](O)CCCCCCCCCCCCCCCCC. The van der Waals surface area contributed by atoms with E-state index in [1.807, 2.05) is 0 Å². The van der Waals surface area contributed by atoms with Crippen LogP contribution >= 0.6 is 0 Å². The molecule has 2 aliphatic rings. The Morgan fingerprint density at radius 1 is 0.471 bits per heavy atom. The minimum atomic E-state index is -1.87. The topological polar surface area (TPSA) is 268 Å². The molecule has 14 atom stereocenters. The van der Waals surface area contributed by atoms with Crippen molar-refractivity contribution < 1.29 is 74.8 Å². The van der Waals surface area contributed by atoms with Crippen LogP contribution < -0.4 is 5.32 Å². The molecule has 16 heteroatoms. The van der Waals surface area contributed by atoms with Crippen molar-refractivity contribution in [1.82, 2.24) is 5.32 Å². The summed E-state index contributed by atoms with van der Waals surface area (Å²) in [5.74, 6) is -0.773. The van der Waals surface area contributed by atoms with Crippen molar-refractivity contribution in [3.63, 3.8) is 0 Å². The zero-order valence-electron chi connectivity index (χ0n) is 43.8. The van der Waals surface area contributed by atoms with Crippen molar-refractivity contribution in [1.29, 1.82) is 0 Å². The standard InChI is InChI=1S/C54H105NO15/c1-3-5-7-9-11-13-15-17-19-20-22-24-26-28-30-32-34-36-42(59)52(66)55-40(45(60)41(58)35-33-31-29-27-25-23-21-18-16-14-12-10-8-6-4-2)39-67-54-51(49(64)47(62)44(38-57)69-54)70-53-50(65)48(63)46(61)43(37-56)68-53/h40-51,53-54,56-65H,3-39H2,1-2H3,(H,55,66)/t40-,41+,42+,43+,44+,45-,46-,47-,48-,49-,50+,51+,53?,54-/m0/s1. The number of hydrogen-bond acceptors (Lipinski definition) is 15. The zero-order chi connectivity index (χ0) is 51.4. The highest BCUT2D eigenvalue weighted by atomic mass is 16.8. The van der Waals surface area contributed by atoms with Crippen LogP contribution in [0.2, 0.25) is 0 Å². The second-order valence-electron chi connectivity index (χ2n) is 20.7. The van der Waals surface area contributed by atoms with E-state index in [0.717, 1.165) is 51.4 Å². The summed E-state index contributed by atoms with van der Waals surface area (Å²) in [4.78, 5) is 13.4. The van der Waals surface area contributed by atoms with Gasteiger partial charge in [-0.05, 0) is 12.8 Å². The molecular weight excluding hydrogens is 903 g/mol. The van der Waals surface area contributed by atoms with Gasteiger partial charge in [0.2, 0.25) is 5.91 Å². The first-order valence-corrected chi connectivity index (χ1v) is 28.5. The van der Waals surface area contributed by atoms with Gasteiger partial charge in [-0.3, -0.25) is 4.79 Å². The van der Waals surface area contributed by atoms with Crippen LogP contribution in [0, 0.1) is 0 Å². The largest absolute Gasteiger partial charge is 0.394 e. The van der Waals surface area contributed by atoms with Gasteiger partial charge in [-0.2, -0.15) is 0 Å². The second kappa shape index (κ2) is 41.2. The van der Waals surface area contributed by atoms with Crippen LogP contribution in [0.3, 0.4) is 0 Å². The van der Waals surface area contributed by atoms with Crippen molar-refractivity contribution in [2.45, 2.75) is 318 Å². The predicted octanol–water partition coefficient (Wildman–Crippen LogP) is 6.50. The van der Waals surface area contributed by atoms with Gasteiger partial charge >= 0.3 is 0 Å². The minimum Gasteiger partial charge on any atom is -0.394 e. The van der Waals surface area contributed by atoms with Crippen molar-refractivity contribution in [2.75, 3.05) is 19.8 Å². The molecule has 2 aliphatic heterocycles. The van der Waals surface area contributed by atoms with Gasteiger partial charge in [-0.25, -0.2) is 0 Å². The predicted molar refractivity (Wildman–Crippen MR) is 271 cm³/mol. The van der Waals surface area contributed by atoms with Crippen LogP contribution in [0.4, 0.5) is 0 Å². The van der Waals surface area contributed by atoms with Crippen LogP contribution in [0.25, 0.3) is 0 Å². The molecule has 0 radical (unpaired) electrons. The number of unbranched alkanes of at least 4 members (excludes halogenated alkanes) is 30. The summed E-state index contributed by atoms with van der Waals surface area (Å²) in [5.41, 5.74) is 0. The lowest BCUT2D eigenvalue weighted by Gasteiger charge is -2.46. The molecule has 16 nitrogen and oxygen atoms in total. The first kappa shape index (κ1) is 65.0. The van der Waals surface area contributed by atoms with Gasteiger partial charge in [-0.15, -0.1) is 0 Å². The van der Waals surface area contributed by atoms with E-state index in [1.165, 1.54) is 141 Å². The maximum absolute atomic E-state index is 13.4. The number of aliphatic hydroxyl groups excluding tert-OH is 10. The zero-order valence-corrected chi connectivity index (χ0v) is 43.8. The molecule has 2 fully saturated rings. The molecule has 11 N–H and O–H groups in total. The Bertz CT molecular complexity index is 1220. The Labute approximate surface area is 422 Å². The Hall–Kier alpha value is -1.09. The number of carbonyl (C=O) groups excluding carboxylic acids is 1. The van der Waals surface area contributed by atoms with Gasteiger partial charge in [0.05, 0.1) is 32.0 Å². The minimum absolute atomic E-state index is 0.193. The van der Waals surface area contributed by atoms with Crippen molar-refractivity contribution in [3.05, 3.63) is 0 Å². The van der Waals surface area contributed by atoms with Crippen LogP contribution in [0.5, 0.6) is 0 Å². The third-order valence-electron chi connectivity index (χ3n) is 14.5. The molecular formula is C54H105NO15. The molecule has 0 saturated carbocycles. The first-order valence-electron chi connectivity index (χ1n) is 28.5. The highest BCUT2D eigenvalue weighted by molar-refractivity contribution is 5.80. The summed E-state index contributed by atoms with van der Waals surface area (Å²) in [7, 11) is 0. The molecule has 2 rings (SSSR count). The monoisotopic (exact) mass is 1010 g/mol. The Morgan fingerprint density at radius 2 is 0.829 bits per heavy atom. The van der Waals surface area contributed by atoms with Gasteiger partial charge in [0.15, 0.2) is 12.6 Å². The smallest absolute Gasteiger partial charge is 0.249 e. The van der Waals surface area contributed by atoms with Crippen LogP contribution in [0.1, 0.15) is 232 Å². The van der Waals surface area contributed by atoms with E-state index in [0.29, 0.717) is 12.8 Å². The van der Waals surface area contributed by atoms with E-state index in [1.54, 1.807) is 0 Å². The van der Waals surface area contributed by atoms with Gasteiger partial charge in [0.1, 0.15) is 61.0 Å². The summed E-state index contributed by atoms with van der Waals surface area (Å²) in [6.07, 6.45) is 17.7. The number of ether oxygens (including phenoxy) is 4. The second-order valence-corrected chi connectivity index (χ2v) is 20.7. The molecule has 0 aromatic heterocycles. The molecule has 0 aromatic rings. The molecule has 1 amide bonds. The maximum Gasteiger partial charge on any atom is 0.249 e. The van der Waals surface area contributed by atoms with Crippen LogP contribution in [-0.4, -0.2) is 163 Å². The Morgan fingerprint density at radius 3 is 1.23 bits per heavy atom. The van der Waals surface area contributed by atoms with Crippen LogP contribution in [0.15, 0.2) is 0 Å². The van der Waals surface area contributed by atoms with Gasteiger partial charge < -0.3 is 75.3 Å². The van der Waals surface area contributed by atoms with E-state index in [9.17, 15) is 55.9 Å². The lowest BCUT2D eigenvalue weighted by Crippen LogP contribution is -2.65. The van der Waals surface area contributed by atoms with E-state index in [2.05, 4.69) is 19.2 Å². The number of amides is 1. The van der Waals surface area contributed by atoms with E-state index in [4.69, 9.17) is 18.9 Å². The Kier molecular flexibility index (Phi) is 38.3. The van der Waals surface area contributed by atoms with Gasteiger partial charge in [0, 0.05) is 0 Å². The third kappa shape index (κ3) is 26.9. The fourth-order valence-electron chi connectivity index (χ4n) is 9.73. The molecule has 0 aliphatic carbocycles. The lowest BCUT2D eigenvalue weighted by molar-refractivity contribution is -0.368. The Balaban J connectivity index is 1.92. The van der Waals surface area contributed by atoms with Gasteiger partial charge in [-0.1, -0.05) is 219 Å². The summed E-state index contributed by atoms with van der Waals surface area (Å²) >= 11 is 0. The van der Waals surface area contributed by atoms with Gasteiger partial charge in [0.25, 0.3) is 0 Å². The molecule has 0 spiro atoms. The quantitative estimate of drug-likeness (QED) is 0.0291. The fourth-order valence-corrected chi connectivity index (χ4v) is 9.73. The number of aliphatic hydroxyl groups is 10. The summed E-state index contributed by atoms with van der Waals surface area (Å²) < 4.78 is 22.9. The fraction of sp³-hybridized carbons (Fsp3) is 0.981. The van der Waals surface area contributed by atoms with E-state index in [-0.39, 0.29) is 12.8 Å². The average molecular weight is 1010 g/mol. The van der Waals surface area contributed by atoms with E-state index >= 15 is 0 Å². The summed E-state index contributed by atoms with van der Waals surface area (Å²) in [6.45, 7) is 2.42. The lowest BCUT2D eigenvalue weighted by atomic mass is 9.97. The normalized spacial score (nSPS) is 26.8. The highest BCUT2D eigenvalue weighted by Crippen LogP contribution is 2.30. The first-order chi connectivity index (χ1) is 33.9. The molecule has 0 aromatic carbocycles. The molecule has 2 heterocycles. The van der Waals surface area contributed by atoms with Crippen molar-refractivity contribution >= 4 is 5.91 Å². The van der Waals surface area contributed by atoms with E-state index < -0.39 is 111 Å². The number of nitrogens with one attached hydrogen (secondary N) is 1. The third-order valence-corrected chi connectivity index (χ3v) is 14.5. The molecule has 416 valence electrons. The number of rotatable bonds is 45. The maximum atomic E-state index is 13.4. The van der Waals surface area contributed by atoms with Crippen molar-refractivity contribution in [3.8, 4) is 0 Å². The molecule has 1 unspecified atom stereocenters. The molecule has 70 heavy (non-hydrogen) atoms. The molecule has 0 bridgehead atoms. The van der Waals surface area contributed by atoms with Crippen molar-refractivity contribution in [2.24, 2.45) is 0 Å². The summed E-state index contributed by atoms with van der Waals surface area (Å²) in [6, 6.07) is -1.31. The number of hydrogen-bond donors (Lipinski definition) is 11.